The Hall–Kier alpha value is -3.08. The van der Waals surface area contributed by atoms with Gasteiger partial charge in [0.1, 0.15) is 17.2 Å². The summed E-state index contributed by atoms with van der Waals surface area (Å²) in [5, 5.41) is 22.0. The molecule has 2 aromatic rings. The van der Waals surface area contributed by atoms with E-state index in [-0.39, 0.29) is 51.3 Å². The summed E-state index contributed by atoms with van der Waals surface area (Å²) in [6.45, 7) is 7.91. The van der Waals surface area contributed by atoms with Gasteiger partial charge in [-0.1, -0.05) is 31.2 Å². The Labute approximate surface area is 163 Å². The maximum atomic E-state index is 13.3. The van der Waals surface area contributed by atoms with Crippen molar-refractivity contribution in [2.24, 2.45) is 5.92 Å². The highest BCUT2D eigenvalue weighted by Crippen LogP contribution is 2.51. The van der Waals surface area contributed by atoms with Gasteiger partial charge in [0, 0.05) is 16.7 Å². The molecule has 28 heavy (non-hydrogen) atoms. The fourth-order valence-corrected chi connectivity index (χ4v) is 4.61. The summed E-state index contributed by atoms with van der Waals surface area (Å²) in [4.78, 5) is 26.4. The van der Waals surface area contributed by atoms with E-state index in [2.05, 4.69) is 6.58 Å². The van der Waals surface area contributed by atoms with E-state index < -0.39 is 11.6 Å². The lowest BCUT2D eigenvalue weighted by atomic mass is 9.71. The molecule has 4 rings (SSSR count). The third kappa shape index (κ3) is 2.32. The third-order valence-corrected chi connectivity index (χ3v) is 6.04. The predicted octanol–water partition coefficient (Wildman–Crippen LogP) is 4.12. The standard InChI is InChI=1S/C23H22O5/c1-10(2)12-8-11(3)16-14(9-12)21(25)18-19(22(16)26)23(27)17-13(20(18)24)6-5-7-15(17)28-4/h5-7,11-12,25-26H,1,8-9H2,2-4H3. The van der Waals surface area contributed by atoms with Crippen molar-refractivity contribution in [3.63, 3.8) is 0 Å². The summed E-state index contributed by atoms with van der Waals surface area (Å²) in [7, 11) is 1.42. The van der Waals surface area contributed by atoms with Crippen LogP contribution in [0.3, 0.4) is 0 Å². The van der Waals surface area contributed by atoms with Crippen molar-refractivity contribution in [3.05, 3.63) is 63.7 Å². The number of carbonyl (C=O) groups is 2. The topological polar surface area (TPSA) is 83.8 Å². The van der Waals surface area contributed by atoms with Crippen LogP contribution < -0.4 is 4.74 Å². The van der Waals surface area contributed by atoms with Gasteiger partial charge in [0.25, 0.3) is 0 Å². The highest BCUT2D eigenvalue weighted by Gasteiger charge is 2.41. The zero-order chi connectivity index (χ0) is 20.3. The molecular weight excluding hydrogens is 356 g/mol. The second-order valence-corrected chi connectivity index (χ2v) is 7.76. The van der Waals surface area contributed by atoms with Gasteiger partial charge in [-0.3, -0.25) is 9.59 Å². The minimum Gasteiger partial charge on any atom is -0.507 e. The van der Waals surface area contributed by atoms with Crippen LogP contribution >= 0.6 is 0 Å². The Morgan fingerprint density at radius 2 is 1.79 bits per heavy atom. The molecule has 2 aromatic carbocycles. The molecule has 5 nitrogen and oxygen atoms in total. The molecule has 0 aliphatic heterocycles. The van der Waals surface area contributed by atoms with Gasteiger partial charge >= 0.3 is 0 Å². The number of methoxy groups -OCH3 is 1. The maximum absolute atomic E-state index is 13.3. The van der Waals surface area contributed by atoms with Crippen molar-refractivity contribution < 1.29 is 24.5 Å². The normalized spacial score (nSPS) is 20.2. The van der Waals surface area contributed by atoms with E-state index in [1.807, 2.05) is 13.8 Å². The molecule has 0 saturated carbocycles. The SMILES string of the molecule is C=C(C)C1Cc2c(O)c3c(c(O)c2C(C)C1)C(=O)c1c(OC)cccc1C3=O. The zero-order valence-corrected chi connectivity index (χ0v) is 16.1. The van der Waals surface area contributed by atoms with Gasteiger partial charge in [-0.25, -0.2) is 0 Å². The minimum absolute atomic E-state index is 0.0800. The van der Waals surface area contributed by atoms with Gasteiger partial charge in [-0.05, 0) is 37.7 Å². The number of ether oxygens (including phenoxy) is 1. The quantitative estimate of drug-likeness (QED) is 0.518. The molecule has 0 amide bonds. The Morgan fingerprint density at radius 3 is 2.43 bits per heavy atom. The van der Waals surface area contributed by atoms with Crippen molar-refractivity contribution >= 4 is 11.6 Å². The fourth-order valence-electron chi connectivity index (χ4n) is 4.61. The largest absolute Gasteiger partial charge is 0.507 e. The molecule has 2 aliphatic carbocycles. The van der Waals surface area contributed by atoms with E-state index in [0.717, 1.165) is 12.0 Å². The molecule has 0 fully saturated rings. The second-order valence-electron chi connectivity index (χ2n) is 7.76. The summed E-state index contributed by atoms with van der Waals surface area (Å²) in [5.74, 6) is -1.06. The molecule has 2 unspecified atom stereocenters. The molecular formula is C23H22O5. The molecule has 5 heteroatoms. The Balaban J connectivity index is 2.02. The average molecular weight is 378 g/mol. The minimum atomic E-state index is -0.508. The average Bonchev–Trinajstić information content (AvgIpc) is 2.67. The number of aromatic hydroxyl groups is 2. The number of fused-ring (bicyclic) bond motifs is 3. The van der Waals surface area contributed by atoms with Crippen LogP contribution in [0, 0.1) is 5.92 Å². The number of carbonyl (C=O) groups excluding carboxylic acids is 2. The smallest absolute Gasteiger partial charge is 0.202 e. The number of phenols is 2. The molecule has 0 radical (unpaired) electrons. The first-order valence-electron chi connectivity index (χ1n) is 9.30. The van der Waals surface area contributed by atoms with Crippen LogP contribution in [0.4, 0.5) is 0 Å². The fraction of sp³-hybridized carbons (Fsp3) is 0.304. The molecule has 2 aliphatic rings. The first-order valence-corrected chi connectivity index (χ1v) is 9.30. The van der Waals surface area contributed by atoms with Gasteiger partial charge in [-0.2, -0.15) is 0 Å². The van der Waals surface area contributed by atoms with Crippen molar-refractivity contribution in [2.75, 3.05) is 7.11 Å². The van der Waals surface area contributed by atoms with Gasteiger partial charge in [-0.15, -0.1) is 0 Å². The number of rotatable bonds is 2. The number of allylic oxidation sites excluding steroid dienone is 1. The summed E-state index contributed by atoms with van der Waals surface area (Å²) >= 11 is 0. The van der Waals surface area contributed by atoms with Crippen LogP contribution in [0.5, 0.6) is 17.2 Å². The van der Waals surface area contributed by atoms with Gasteiger partial charge in [0.15, 0.2) is 5.78 Å². The van der Waals surface area contributed by atoms with Crippen LogP contribution in [-0.2, 0) is 6.42 Å². The number of ketones is 2. The van der Waals surface area contributed by atoms with Crippen LogP contribution in [0.2, 0.25) is 0 Å². The lowest BCUT2D eigenvalue weighted by molar-refractivity contribution is 0.0971. The van der Waals surface area contributed by atoms with Crippen molar-refractivity contribution in [1.29, 1.82) is 0 Å². The Morgan fingerprint density at radius 1 is 1.11 bits per heavy atom. The van der Waals surface area contributed by atoms with Crippen molar-refractivity contribution in [2.45, 2.75) is 32.6 Å². The van der Waals surface area contributed by atoms with E-state index in [1.54, 1.807) is 12.1 Å². The summed E-state index contributed by atoms with van der Waals surface area (Å²) < 4.78 is 5.26. The van der Waals surface area contributed by atoms with Gasteiger partial charge in [0.05, 0.1) is 23.8 Å². The molecule has 0 spiro atoms. The molecule has 2 atom stereocenters. The number of hydrogen-bond acceptors (Lipinski definition) is 5. The summed E-state index contributed by atoms with van der Waals surface area (Å²) in [6, 6.07) is 4.77. The number of benzene rings is 2. The highest BCUT2D eigenvalue weighted by molar-refractivity contribution is 6.31. The maximum Gasteiger partial charge on any atom is 0.202 e. The summed E-state index contributed by atoms with van der Waals surface area (Å²) in [5.41, 5.74) is 2.14. The van der Waals surface area contributed by atoms with E-state index in [0.29, 0.717) is 17.5 Å². The van der Waals surface area contributed by atoms with Crippen LogP contribution in [-0.4, -0.2) is 28.9 Å². The number of phenolic OH excluding ortho intramolecular Hbond substituents is 2. The molecule has 2 N–H and O–H groups in total. The lowest BCUT2D eigenvalue weighted by Crippen LogP contribution is -2.26. The van der Waals surface area contributed by atoms with Gasteiger partial charge in [0.2, 0.25) is 5.78 Å². The Kier molecular flexibility index (Phi) is 4.07. The highest BCUT2D eigenvalue weighted by atomic mass is 16.5. The molecule has 0 bridgehead atoms. The van der Waals surface area contributed by atoms with Crippen LogP contribution in [0.1, 0.15) is 69.2 Å². The van der Waals surface area contributed by atoms with Crippen molar-refractivity contribution in [3.8, 4) is 17.2 Å². The summed E-state index contributed by atoms with van der Waals surface area (Å²) in [6.07, 6.45) is 1.24. The van der Waals surface area contributed by atoms with Gasteiger partial charge < -0.3 is 14.9 Å². The molecule has 0 aromatic heterocycles. The van der Waals surface area contributed by atoms with Crippen LogP contribution in [0.25, 0.3) is 0 Å². The van der Waals surface area contributed by atoms with E-state index in [4.69, 9.17) is 4.74 Å². The lowest BCUT2D eigenvalue weighted by Gasteiger charge is -2.33. The van der Waals surface area contributed by atoms with E-state index >= 15 is 0 Å². The third-order valence-electron chi connectivity index (χ3n) is 6.04. The first-order chi connectivity index (χ1) is 13.3. The van der Waals surface area contributed by atoms with Crippen molar-refractivity contribution in [1.82, 2.24) is 0 Å². The molecule has 0 saturated heterocycles. The number of hydrogen-bond donors (Lipinski definition) is 2. The Bertz CT molecular complexity index is 1060. The second kappa shape index (κ2) is 6.23. The van der Waals surface area contributed by atoms with Crippen LogP contribution in [0.15, 0.2) is 30.4 Å². The predicted molar refractivity (Wildman–Crippen MR) is 105 cm³/mol. The van der Waals surface area contributed by atoms with E-state index in [9.17, 15) is 19.8 Å². The zero-order valence-electron chi connectivity index (χ0n) is 16.1. The monoisotopic (exact) mass is 378 g/mol. The molecule has 144 valence electrons. The van der Waals surface area contributed by atoms with E-state index in [1.165, 1.54) is 13.2 Å². The molecule has 0 heterocycles. The first kappa shape index (κ1) is 18.3.